The highest BCUT2D eigenvalue weighted by molar-refractivity contribution is 14.1. The molecule has 3 N–H and O–H groups in total. The Morgan fingerprint density at radius 3 is 2.61 bits per heavy atom. The smallest absolute Gasteiger partial charge is 0.407 e. The van der Waals surface area contributed by atoms with Crippen molar-refractivity contribution in [3.8, 4) is 0 Å². The van der Waals surface area contributed by atoms with Gasteiger partial charge in [0.15, 0.2) is 0 Å². The first-order valence-electron chi connectivity index (χ1n) is 5.76. The van der Waals surface area contributed by atoms with E-state index in [1.54, 1.807) is 0 Å². The zero-order valence-electron chi connectivity index (χ0n) is 10.9. The molecule has 0 radical (unpaired) electrons. The molecule has 0 bridgehead atoms. The van der Waals surface area contributed by atoms with Crippen LogP contribution in [0.5, 0.6) is 0 Å². The van der Waals surface area contributed by atoms with E-state index in [1.807, 2.05) is 45.0 Å². The molecule has 18 heavy (non-hydrogen) atoms. The van der Waals surface area contributed by atoms with Gasteiger partial charge in [0.25, 0.3) is 0 Å². The Morgan fingerprint density at radius 1 is 1.44 bits per heavy atom. The van der Waals surface area contributed by atoms with Crippen LogP contribution in [-0.2, 0) is 4.74 Å². The Bertz CT molecular complexity index is 416. The molecular weight excluding hydrogens is 343 g/mol. The standard InChI is InChI=1S/C13H19IN2O2/c1-13(2,3)18-12(17)16-8-11(15)9-6-4-5-7-10(9)14/h4-7,11H,8,15H2,1-3H3,(H,16,17). The van der Waals surface area contributed by atoms with Crippen molar-refractivity contribution < 1.29 is 9.53 Å². The third-order valence-electron chi connectivity index (χ3n) is 2.17. The normalized spacial score (nSPS) is 12.9. The van der Waals surface area contributed by atoms with Gasteiger partial charge in [-0.15, -0.1) is 0 Å². The minimum Gasteiger partial charge on any atom is -0.444 e. The lowest BCUT2D eigenvalue weighted by atomic mass is 10.1. The van der Waals surface area contributed by atoms with Crippen molar-refractivity contribution in [1.29, 1.82) is 0 Å². The summed E-state index contributed by atoms with van der Waals surface area (Å²) in [6.45, 7) is 5.83. The Kier molecular flexibility index (Phi) is 5.40. The molecule has 0 saturated carbocycles. The fraction of sp³-hybridized carbons (Fsp3) is 0.462. The Balaban J connectivity index is 2.49. The Morgan fingerprint density at radius 2 is 2.06 bits per heavy atom. The molecule has 0 aromatic heterocycles. The van der Waals surface area contributed by atoms with E-state index in [2.05, 4.69) is 27.9 Å². The van der Waals surface area contributed by atoms with E-state index < -0.39 is 11.7 Å². The molecule has 0 fully saturated rings. The zero-order valence-corrected chi connectivity index (χ0v) is 13.0. The van der Waals surface area contributed by atoms with Crippen LogP contribution in [-0.4, -0.2) is 18.2 Å². The van der Waals surface area contributed by atoms with E-state index in [1.165, 1.54) is 0 Å². The minimum absolute atomic E-state index is 0.231. The van der Waals surface area contributed by atoms with Crippen LogP contribution in [0.15, 0.2) is 24.3 Å². The first-order valence-corrected chi connectivity index (χ1v) is 6.84. The van der Waals surface area contributed by atoms with Crippen molar-refractivity contribution >= 4 is 28.7 Å². The first-order chi connectivity index (χ1) is 8.29. The quantitative estimate of drug-likeness (QED) is 0.813. The van der Waals surface area contributed by atoms with E-state index in [0.29, 0.717) is 6.54 Å². The third-order valence-corrected chi connectivity index (χ3v) is 3.15. The van der Waals surface area contributed by atoms with Gasteiger partial charge in [0.1, 0.15) is 5.60 Å². The number of amides is 1. The molecule has 4 nitrogen and oxygen atoms in total. The molecule has 1 aromatic carbocycles. The first kappa shape index (κ1) is 15.2. The van der Waals surface area contributed by atoms with Crippen LogP contribution < -0.4 is 11.1 Å². The molecule has 5 heteroatoms. The highest BCUT2D eigenvalue weighted by atomic mass is 127. The molecule has 0 saturated heterocycles. The SMILES string of the molecule is CC(C)(C)OC(=O)NCC(N)c1ccccc1I. The van der Waals surface area contributed by atoms with Gasteiger partial charge >= 0.3 is 6.09 Å². The molecule has 0 aliphatic heterocycles. The Labute approximate surface area is 121 Å². The second kappa shape index (κ2) is 6.38. The monoisotopic (exact) mass is 362 g/mol. The molecule has 1 atom stereocenters. The van der Waals surface area contributed by atoms with Crippen LogP contribution in [0.3, 0.4) is 0 Å². The number of halogens is 1. The lowest BCUT2D eigenvalue weighted by Gasteiger charge is -2.21. The van der Waals surface area contributed by atoms with Crippen molar-refractivity contribution in [1.82, 2.24) is 5.32 Å². The predicted octanol–water partition coefficient (Wildman–Crippen LogP) is 2.82. The maximum Gasteiger partial charge on any atom is 0.407 e. The maximum absolute atomic E-state index is 11.5. The molecule has 1 amide bonds. The Hall–Kier alpha value is -0.820. The molecule has 0 heterocycles. The van der Waals surface area contributed by atoms with Crippen molar-refractivity contribution in [2.24, 2.45) is 5.73 Å². The van der Waals surface area contributed by atoms with Gasteiger partial charge < -0.3 is 15.8 Å². The number of benzene rings is 1. The predicted molar refractivity (Wildman–Crippen MR) is 80.3 cm³/mol. The molecule has 0 spiro atoms. The van der Waals surface area contributed by atoms with E-state index >= 15 is 0 Å². The molecule has 0 aliphatic rings. The average molecular weight is 362 g/mol. The number of ether oxygens (including phenoxy) is 1. The van der Waals surface area contributed by atoms with Crippen LogP contribution in [0.1, 0.15) is 32.4 Å². The fourth-order valence-electron chi connectivity index (χ4n) is 1.39. The highest BCUT2D eigenvalue weighted by Gasteiger charge is 2.17. The van der Waals surface area contributed by atoms with Crippen molar-refractivity contribution in [2.45, 2.75) is 32.4 Å². The fourth-order valence-corrected chi connectivity index (χ4v) is 2.18. The molecule has 1 unspecified atom stereocenters. The van der Waals surface area contributed by atoms with Gasteiger partial charge in [-0.2, -0.15) is 0 Å². The lowest BCUT2D eigenvalue weighted by molar-refractivity contribution is 0.0524. The number of carbonyl (C=O) groups is 1. The minimum atomic E-state index is -0.491. The van der Waals surface area contributed by atoms with Crippen molar-refractivity contribution in [2.75, 3.05) is 6.54 Å². The number of hydrogen-bond acceptors (Lipinski definition) is 3. The molecule has 0 aliphatic carbocycles. The molecule has 100 valence electrons. The number of alkyl carbamates (subject to hydrolysis) is 1. The number of rotatable bonds is 3. The summed E-state index contributed by atoms with van der Waals surface area (Å²) in [6.07, 6.45) is -0.441. The van der Waals surface area contributed by atoms with Gasteiger partial charge in [0.05, 0.1) is 0 Å². The van der Waals surface area contributed by atoms with E-state index in [0.717, 1.165) is 9.13 Å². The van der Waals surface area contributed by atoms with Gasteiger partial charge in [-0.1, -0.05) is 18.2 Å². The molecule has 1 aromatic rings. The number of nitrogens with one attached hydrogen (secondary N) is 1. The van der Waals surface area contributed by atoms with Crippen LogP contribution in [0.25, 0.3) is 0 Å². The average Bonchev–Trinajstić information content (AvgIpc) is 2.24. The van der Waals surface area contributed by atoms with Crippen molar-refractivity contribution in [3.05, 3.63) is 33.4 Å². The number of carbonyl (C=O) groups excluding carboxylic acids is 1. The summed E-state index contributed by atoms with van der Waals surface area (Å²) in [4.78, 5) is 11.5. The molecule has 1 rings (SSSR count). The summed E-state index contributed by atoms with van der Waals surface area (Å²) in [5.74, 6) is 0. The zero-order chi connectivity index (χ0) is 13.8. The maximum atomic E-state index is 11.5. The van der Waals surface area contributed by atoms with Gasteiger partial charge in [-0.25, -0.2) is 4.79 Å². The second-order valence-electron chi connectivity index (χ2n) is 5.01. The van der Waals surface area contributed by atoms with E-state index in [-0.39, 0.29) is 6.04 Å². The van der Waals surface area contributed by atoms with Gasteiger partial charge in [0, 0.05) is 16.2 Å². The summed E-state index contributed by atoms with van der Waals surface area (Å²) in [5, 5.41) is 2.68. The summed E-state index contributed by atoms with van der Waals surface area (Å²) < 4.78 is 6.24. The van der Waals surface area contributed by atoms with Crippen molar-refractivity contribution in [3.63, 3.8) is 0 Å². The number of hydrogen-bond donors (Lipinski definition) is 2. The van der Waals surface area contributed by atoms with E-state index in [4.69, 9.17) is 10.5 Å². The largest absolute Gasteiger partial charge is 0.444 e. The highest BCUT2D eigenvalue weighted by Crippen LogP contribution is 2.17. The third kappa shape index (κ3) is 5.22. The van der Waals surface area contributed by atoms with Gasteiger partial charge in [-0.05, 0) is 55.0 Å². The van der Waals surface area contributed by atoms with Crippen LogP contribution in [0.2, 0.25) is 0 Å². The van der Waals surface area contributed by atoms with E-state index in [9.17, 15) is 4.79 Å². The van der Waals surface area contributed by atoms with Crippen LogP contribution >= 0.6 is 22.6 Å². The summed E-state index contributed by atoms with van der Waals surface area (Å²) >= 11 is 2.23. The topological polar surface area (TPSA) is 64.3 Å². The van der Waals surface area contributed by atoms with Gasteiger partial charge in [-0.3, -0.25) is 0 Å². The summed E-state index contributed by atoms with van der Waals surface area (Å²) in [5.41, 5.74) is 6.56. The number of nitrogens with two attached hydrogens (primary N) is 1. The summed E-state index contributed by atoms with van der Waals surface area (Å²) in [6, 6.07) is 7.61. The van der Waals surface area contributed by atoms with Gasteiger partial charge in [0.2, 0.25) is 0 Å². The van der Waals surface area contributed by atoms with Crippen LogP contribution in [0, 0.1) is 3.57 Å². The van der Waals surface area contributed by atoms with Crippen LogP contribution in [0.4, 0.5) is 4.79 Å². The lowest BCUT2D eigenvalue weighted by Crippen LogP contribution is -2.36. The summed E-state index contributed by atoms with van der Waals surface area (Å²) in [7, 11) is 0. The second-order valence-corrected chi connectivity index (χ2v) is 6.17. The molecular formula is C13H19IN2O2.